The third kappa shape index (κ3) is 3.41. The summed E-state index contributed by atoms with van der Waals surface area (Å²) >= 11 is 0. The van der Waals surface area contributed by atoms with Gasteiger partial charge in [-0.1, -0.05) is 0 Å². The number of nitro groups is 1. The summed E-state index contributed by atoms with van der Waals surface area (Å²) in [6.07, 6.45) is 3.99. The van der Waals surface area contributed by atoms with Crippen molar-refractivity contribution in [3.05, 3.63) is 57.9 Å². The molecule has 0 aliphatic carbocycles. The summed E-state index contributed by atoms with van der Waals surface area (Å²) in [5.41, 5.74) is 2.02. The Morgan fingerprint density at radius 2 is 2.19 bits per heavy atom. The molecule has 1 atom stereocenters. The molecule has 0 aliphatic heterocycles. The quantitative estimate of drug-likeness (QED) is 0.655. The molecule has 112 valence electrons. The van der Waals surface area contributed by atoms with E-state index in [1.807, 2.05) is 30.1 Å². The Labute approximate surface area is 123 Å². The largest absolute Gasteiger partial charge is 0.496 e. The first-order valence-electron chi connectivity index (χ1n) is 6.69. The highest BCUT2D eigenvalue weighted by molar-refractivity contribution is 5.44. The molecule has 1 heterocycles. The lowest BCUT2D eigenvalue weighted by molar-refractivity contribution is -0.384. The van der Waals surface area contributed by atoms with Crippen LogP contribution in [0.25, 0.3) is 0 Å². The van der Waals surface area contributed by atoms with Crippen molar-refractivity contribution in [2.75, 3.05) is 14.2 Å². The first-order valence-corrected chi connectivity index (χ1v) is 6.69. The third-order valence-corrected chi connectivity index (χ3v) is 3.53. The fourth-order valence-corrected chi connectivity index (χ4v) is 2.18. The van der Waals surface area contributed by atoms with E-state index in [0.29, 0.717) is 12.3 Å². The standard InChI is InChI=1S/C15H19N3O3/c1-11(16-2)12-6-7-17(9-12)10-13-8-14(18(19)20)4-5-15(13)21-3/h4-9,11,16H,10H2,1-3H3. The Hall–Kier alpha value is -2.34. The lowest BCUT2D eigenvalue weighted by Crippen LogP contribution is -2.11. The number of hydrogen-bond donors (Lipinski definition) is 1. The lowest BCUT2D eigenvalue weighted by Gasteiger charge is -2.10. The molecule has 1 N–H and O–H groups in total. The van der Waals surface area contributed by atoms with Crippen molar-refractivity contribution >= 4 is 5.69 Å². The summed E-state index contributed by atoms with van der Waals surface area (Å²) in [5, 5.41) is 14.1. The SMILES string of the molecule is CNC(C)c1ccn(Cc2cc([N+](=O)[O-])ccc2OC)c1. The molecule has 0 aliphatic rings. The summed E-state index contributed by atoms with van der Waals surface area (Å²) in [7, 11) is 3.47. The van der Waals surface area contributed by atoms with Crippen molar-refractivity contribution < 1.29 is 9.66 Å². The van der Waals surface area contributed by atoms with Gasteiger partial charge in [-0.15, -0.1) is 0 Å². The topological polar surface area (TPSA) is 69.3 Å². The molecular weight excluding hydrogens is 270 g/mol. The average molecular weight is 289 g/mol. The van der Waals surface area contributed by atoms with E-state index >= 15 is 0 Å². The van der Waals surface area contributed by atoms with E-state index in [4.69, 9.17) is 4.74 Å². The molecule has 2 rings (SSSR count). The van der Waals surface area contributed by atoms with Gasteiger partial charge < -0.3 is 14.6 Å². The normalized spacial score (nSPS) is 12.1. The monoisotopic (exact) mass is 289 g/mol. The fourth-order valence-electron chi connectivity index (χ4n) is 2.18. The van der Waals surface area contributed by atoms with Crippen LogP contribution in [-0.2, 0) is 6.54 Å². The van der Waals surface area contributed by atoms with E-state index in [0.717, 1.165) is 5.56 Å². The maximum absolute atomic E-state index is 10.9. The van der Waals surface area contributed by atoms with Gasteiger partial charge in [-0.05, 0) is 31.7 Å². The molecule has 0 bridgehead atoms. The number of non-ortho nitro benzene ring substituents is 1. The Bertz CT molecular complexity index is 637. The minimum atomic E-state index is -0.396. The van der Waals surface area contributed by atoms with Gasteiger partial charge in [-0.3, -0.25) is 10.1 Å². The number of aromatic nitrogens is 1. The maximum atomic E-state index is 10.9. The van der Waals surface area contributed by atoms with Crippen LogP contribution < -0.4 is 10.1 Å². The molecule has 0 spiro atoms. The highest BCUT2D eigenvalue weighted by Crippen LogP contribution is 2.25. The molecule has 1 aromatic heterocycles. The molecule has 0 amide bonds. The van der Waals surface area contributed by atoms with E-state index in [1.165, 1.54) is 11.6 Å². The summed E-state index contributed by atoms with van der Waals surface area (Å²) in [6.45, 7) is 2.61. The highest BCUT2D eigenvalue weighted by Gasteiger charge is 2.12. The van der Waals surface area contributed by atoms with Crippen molar-refractivity contribution in [2.24, 2.45) is 0 Å². The Balaban J connectivity index is 2.27. The highest BCUT2D eigenvalue weighted by atomic mass is 16.6. The molecule has 0 radical (unpaired) electrons. The van der Waals surface area contributed by atoms with Gasteiger partial charge in [-0.2, -0.15) is 0 Å². The number of benzene rings is 1. The van der Waals surface area contributed by atoms with Crippen LogP contribution in [0.1, 0.15) is 24.1 Å². The zero-order valence-corrected chi connectivity index (χ0v) is 12.4. The first kappa shape index (κ1) is 15.1. The summed E-state index contributed by atoms with van der Waals surface area (Å²) in [4.78, 5) is 10.5. The Kier molecular flexibility index (Phi) is 4.59. The van der Waals surface area contributed by atoms with Crippen molar-refractivity contribution in [1.29, 1.82) is 0 Å². The third-order valence-electron chi connectivity index (χ3n) is 3.53. The molecule has 1 unspecified atom stereocenters. The van der Waals surface area contributed by atoms with Crippen LogP contribution in [0, 0.1) is 10.1 Å². The molecule has 0 fully saturated rings. The second-order valence-electron chi connectivity index (χ2n) is 4.88. The zero-order valence-electron chi connectivity index (χ0n) is 12.4. The number of nitrogens with one attached hydrogen (secondary N) is 1. The number of hydrogen-bond acceptors (Lipinski definition) is 4. The van der Waals surface area contributed by atoms with Crippen LogP contribution >= 0.6 is 0 Å². The van der Waals surface area contributed by atoms with E-state index < -0.39 is 4.92 Å². The van der Waals surface area contributed by atoms with Gasteiger partial charge in [0.15, 0.2) is 0 Å². The summed E-state index contributed by atoms with van der Waals surface area (Å²) in [5.74, 6) is 0.650. The minimum absolute atomic E-state index is 0.0711. The van der Waals surface area contributed by atoms with E-state index in [1.54, 1.807) is 19.2 Å². The average Bonchev–Trinajstić information content (AvgIpc) is 2.94. The van der Waals surface area contributed by atoms with Gasteiger partial charge in [0.05, 0.1) is 18.6 Å². The number of ether oxygens (including phenoxy) is 1. The second-order valence-corrected chi connectivity index (χ2v) is 4.88. The molecule has 21 heavy (non-hydrogen) atoms. The Morgan fingerprint density at radius 1 is 1.43 bits per heavy atom. The van der Waals surface area contributed by atoms with Gasteiger partial charge >= 0.3 is 0 Å². The number of nitrogens with zero attached hydrogens (tertiary/aromatic N) is 2. The summed E-state index contributed by atoms with van der Waals surface area (Å²) < 4.78 is 7.27. The molecule has 2 aromatic rings. The van der Waals surface area contributed by atoms with Gasteiger partial charge in [0.2, 0.25) is 0 Å². The van der Waals surface area contributed by atoms with Crippen LogP contribution in [0.3, 0.4) is 0 Å². The van der Waals surface area contributed by atoms with Gasteiger partial charge in [-0.25, -0.2) is 0 Å². The predicted molar refractivity (Wildman–Crippen MR) is 80.7 cm³/mol. The number of methoxy groups -OCH3 is 1. The van der Waals surface area contributed by atoms with Crippen molar-refractivity contribution in [1.82, 2.24) is 9.88 Å². The van der Waals surface area contributed by atoms with Crippen LogP contribution in [-0.4, -0.2) is 23.6 Å². The van der Waals surface area contributed by atoms with Crippen LogP contribution in [0.15, 0.2) is 36.7 Å². The van der Waals surface area contributed by atoms with Crippen molar-refractivity contribution in [3.63, 3.8) is 0 Å². The van der Waals surface area contributed by atoms with Crippen molar-refractivity contribution in [3.8, 4) is 5.75 Å². The smallest absolute Gasteiger partial charge is 0.270 e. The molecule has 6 nitrogen and oxygen atoms in total. The molecular formula is C15H19N3O3. The van der Waals surface area contributed by atoms with E-state index in [-0.39, 0.29) is 11.7 Å². The lowest BCUT2D eigenvalue weighted by atomic mass is 10.1. The molecule has 6 heteroatoms. The zero-order chi connectivity index (χ0) is 15.4. The molecule has 1 aromatic carbocycles. The van der Waals surface area contributed by atoms with Crippen LogP contribution in [0.4, 0.5) is 5.69 Å². The number of rotatable bonds is 6. The fraction of sp³-hybridized carbons (Fsp3) is 0.333. The van der Waals surface area contributed by atoms with Gasteiger partial charge in [0.1, 0.15) is 5.75 Å². The van der Waals surface area contributed by atoms with E-state index in [9.17, 15) is 10.1 Å². The van der Waals surface area contributed by atoms with E-state index in [2.05, 4.69) is 12.2 Å². The Morgan fingerprint density at radius 3 is 2.81 bits per heavy atom. The van der Waals surface area contributed by atoms with Crippen LogP contribution in [0.5, 0.6) is 5.75 Å². The van der Waals surface area contributed by atoms with Gasteiger partial charge in [0, 0.05) is 36.1 Å². The summed E-state index contributed by atoms with van der Waals surface area (Å²) in [6, 6.07) is 6.93. The maximum Gasteiger partial charge on any atom is 0.270 e. The first-order chi connectivity index (χ1) is 10.0. The minimum Gasteiger partial charge on any atom is -0.496 e. The molecule has 0 saturated heterocycles. The van der Waals surface area contributed by atoms with Crippen LogP contribution in [0.2, 0.25) is 0 Å². The van der Waals surface area contributed by atoms with Crippen molar-refractivity contribution in [2.45, 2.75) is 19.5 Å². The predicted octanol–water partition coefficient (Wildman–Crippen LogP) is 2.73. The molecule has 0 saturated carbocycles. The second kappa shape index (κ2) is 6.41. The van der Waals surface area contributed by atoms with Gasteiger partial charge in [0.25, 0.3) is 5.69 Å². The number of nitro benzene ring substituents is 1.